The Labute approximate surface area is 128 Å². The Morgan fingerprint density at radius 1 is 1.19 bits per heavy atom. The molecule has 5 heteroatoms. The zero-order valence-electron chi connectivity index (χ0n) is 13.4. The first-order valence-corrected chi connectivity index (χ1v) is 9.03. The molecule has 0 amide bonds. The SMILES string of the molecule is Cc1ccc(C(C)(C)C)cc1S(=O)(=O)NC1CCNCC1. The Kier molecular flexibility index (Phi) is 4.76. The van der Waals surface area contributed by atoms with Crippen LogP contribution >= 0.6 is 0 Å². The molecule has 4 nitrogen and oxygen atoms in total. The lowest BCUT2D eigenvalue weighted by Crippen LogP contribution is -2.42. The van der Waals surface area contributed by atoms with Gasteiger partial charge < -0.3 is 5.32 Å². The highest BCUT2D eigenvalue weighted by atomic mass is 32.2. The Hall–Kier alpha value is -0.910. The standard InChI is InChI=1S/C16H26N2O2S/c1-12-5-6-13(16(2,3)4)11-15(12)21(19,20)18-14-7-9-17-10-8-14/h5-6,11,14,17-18H,7-10H2,1-4H3. The van der Waals surface area contributed by atoms with Crippen LogP contribution in [0.15, 0.2) is 23.1 Å². The van der Waals surface area contributed by atoms with Crippen molar-refractivity contribution in [3.05, 3.63) is 29.3 Å². The molecule has 2 N–H and O–H groups in total. The van der Waals surface area contributed by atoms with E-state index >= 15 is 0 Å². The second-order valence-electron chi connectivity index (χ2n) is 6.88. The molecule has 1 aromatic carbocycles. The molecule has 1 aliphatic rings. The summed E-state index contributed by atoms with van der Waals surface area (Å²) in [4.78, 5) is 0.411. The van der Waals surface area contributed by atoms with E-state index in [9.17, 15) is 8.42 Å². The zero-order valence-corrected chi connectivity index (χ0v) is 14.2. The molecule has 0 radical (unpaired) electrons. The van der Waals surface area contributed by atoms with E-state index in [1.807, 2.05) is 25.1 Å². The molecule has 0 saturated carbocycles. The van der Waals surface area contributed by atoms with E-state index in [0.717, 1.165) is 37.1 Å². The summed E-state index contributed by atoms with van der Waals surface area (Å²) < 4.78 is 28.2. The van der Waals surface area contributed by atoms with Crippen LogP contribution in [0.25, 0.3) is 0 Å². The monoisotopic (exact) mass is 310 g/mol. The van der Waals surface area contributed by atoms with Crippen molar-refractivity contribution in [3.63, 3.8) is 0 Å². The highest BCUT2D eigenvalue weighted by Gasteiger charge is 2.25. The van der Waals surface area contributed by atoms with Crippen molar-refractivity contribution in [1.82, 2.24) is 10.0 Å². The van der Waals surface area contributed by atoms with E-state index in [1.165, 1.54) is 0 Å². The van der Waals surface area contributed by atoms with Gasteiger partial charge in [-0.2, -0.15) is 0 Å². The van der Waals surface area contributed by atoms with Crippen molar-refractivity contribution < 1.29 is 8.42 Å². The summed E-state index contributed by atoms with van der Waals surface area (Å²) in [5.41, 5.74) is 1.77. The van der Waals surface area contributed by atoms with E-state index in [0.29, 0.717) is 4.90 Å². The van der Waals surface area contributed by atoms with E-state index < -0.39 is 10.0 Å². The number of benzene rings is 1. The lowest BCUT2D eigenvalue weighted by atomic mass is 9.87. The minimum absolute atomic E-state index is 0.0361. The van der Waals surface area contributed by atoms with Gasteiger partial charge in [-0.15, -0.1) is 0 Å². The summed E-state index contributed by atoms with van der Waals surface area (Å²) in [5.74, 6) is 0. The lowest BCUT2D eigenvalue weighted by Gasteiger charge is -2.25. The van der Waals surface area contributed by atoms with Gasteiger partial charge in [0.25, 0.3) is 0 Å². The van der Waals surface area contributed by atoms with Gasteiger partial charge in [0.2, 0.25) is 10.0 Å². The van der Waals surface area contributed by atoms with Crippen molar-refractivity contribution >= 4 is 10.0 Å². The van der Waals surface area contributed by atoms with Crippen molar-refractivity contribution in [2.75, 3.05) is 13.1 Å². The Morgan fingerprint density at radius 3 is 2.38 bits per heavy atom. The first-order valence-electron chi connectivity index (χ1n) is 7.54. The smallest absolute Gasteiger partial charge is 0.241 e. The maximum atomic E-state index is 12.7. The normalized spacial score (nSPS) is 17.9. The third-order valence-electron chi connectivity index (χ3n) is 4.00. The molecule has 1 fully saturated rings. The van der Waals surface area contributed by atoms with Crippen LogP contribution in [-0.4, -0.2) is 27.5 Å². The van der Waals surface area contributed by atoms with Crippen LogP contribution in [0.4, 0.5) is 0 Å². The van der Waals surface area contributed by atoms with Crippen LogP contribution in [0.5, 0.6) is 0 Å². The number of piperidine rings is 1. The van der Waals surface area contributed by atoms with Gasteiger partial charge >= 0.3 is 0 Å². The number of sulfonamides is 1. The largest absolute Gasteiger partial charge is 0.317 e. The molecule has 0 aromatic heterocycles. The number of aryl methyl sites for hydroxylation is 1. The van der Waals surface area contributed by atoms with Gasteiger partial charge in [-0.05, 0) is 55.5 Å². The third-order valence-corrected chi connectivity index (χ3v) is 5.67. The van der Waals surface area contributed by atoms with Crippen molar-refractivity contribution in [1.29, 1.82) is 0 Å². The number of hydrogen-bond donors (Lipinski definition) is 2. The first-order chi connectivity index (χ1) is 9.70. The molecule has 1 heterocycles. The topological polar surface area (TPSA) is 58.2 Å². The van der Waals surface area contributed by atoms with Crippen molar-refractivity contribution in [2.45, 2.75) is 56.9 Å². The average Bonchev–Trinajstić information content (AvgIpc) is 2.38. The molecule has 1 aliphatic heterocycles. The van der Waals surface area contributed by atoms with Crippen LogP contribution in [0.1, 0.15) is 44.7 Å². The molecule has 0 unspecified atom stereocenters. The molecule has 0 atom stereocenters. The fourth-order valence-corrected chi connectivity index (χ4v) is 4.15. The van der Waals surface area contributed by atoms with Crippen LogP contribution in [0.3, 0.4) is 0 Å². The van der Waals surface area contributed by atoms with E-state index in [1.54, 1.807) is 0 Å². The molecule has 0 aliphatic carbocycles. The minimum atomic E-state index is -3.45. The molecular formula is C16H26N2O2S. The molecule has 0 bridgehead atoms. The quantitative estimate of drug-likeness (QED) is 0.901. The summed E-state index contributed by atoms with van der Waals surface area (Å²) in [6, 6.07) is 5.77. The maximum Gasteiger partial charge on any atom is 0.241 e. The predicted octanol–water partition coefficient (Wildman–Crippen LogP) is 2.32. The predicted molar refractivity (Wildman–Crippen MR) is 86.1 cm³/mol. The van der Waals surface area contributed by atoms with E-state index in [4.69, 9.17) is 0 Å². The van der Waals surface area contributed by atoms with Gasteiger partial charge in [0.15, 0.2) is 0 Å². The highest BCUT2D eigenvalue weighted by Crippen LogP contribution is 2.27. The van der Waals surface area contributed by atoms with Gasteiger partial charge in [0, 0.05) is 6.04 Å². The van der Waals surface area contributed by atoms with Crippen LogP contribution < -0.4 is 10.0 Å². The fraction of sp³-hybridized carbons (Fsp3) is 0.625. The zero-order chi connectivity index (χ0) is 15.7. The highest BCUT2D eigenvalue weighted by molar-refractivity contribution is 7.89. The number of rotatable bonds is 3. The summed E-state index contributed by atoms with van der Waals surface area (Å²) in [6.45, 7) is 9.86. The van der Waals surface area contributed by atoms with Gasteiger partial charge in [0.05, 0.1) is 4.90 Å². The van der Waals surface area contributed by atoms with Gasteiger partial charge in [-0.25, -0.2) is 13.1 Å². The second kappa shape index (κ2) is 6.07. The van der Waals surface area contributed by atoms with Crippen molar-refractivity contribution in [3.8, 4) is 0 Å². The van der Waals surface area contributed by atoms with E-state index in [-0.39, 0.29) is 11.5 Å². The lowest BCUT2D eigenvalue weighted by molar-refractivity contribution is 0.427. The molecule has 118 valence electrons. The summed E-state index contributed by atoms with van der Waals surface area (Å²) in [5, 5.41) is 3.25. The Balaban J connectivity index is 2.30. The molecule has 2 rings (SSSR count). The molecule has 1 saturated heterocycles. The Bertz CT molecular complexity index is 597. The van der Waals surface area contributed by atoms with Gasteiger partial charge in [-0.3, -0.25) is 0 Å². The molecular weight excluding hydrogens is 284 g/mol. The van der Waals surface area contributed by atoms with Crippen molar-refractivity contribution in [2.24, 2.45) is 0 Å². The van der Waals surface area contributed by atoms with Gasteiger partial charge in [0.1, 0.15) is 0 Å². The van der Waals surface area contributed by atoms with E-state index in [2.05, 4.69) is 30.8 Å². The third kappa shape index (κ3) is 4.05. The summed E-state index contributed by atoms with van der Waals surface area (Å²) in [7, 11) is -3.45. The fourth-order valence-electron chi connectivity index (χ4n) is 2.58. The summed E-state index contributed by atoms with van der Waals surface area (Å²) in [6.07, 6.45) is 1.69. The Morgan fingerprint density at radius 2 is 1.81 bits per heavy atom. The molecule has 21 heavy (non-hydrogen) atoms. The summed E-state index contributed by atoms with van der Waals surface area (Å²) >= 11 is 0. The van der Waals surface area contributed by atoms with Crippen LogP contribution in [0, 0.1) is 6.92 Å². The second-order valence-corrected chi connectivity index (χ2v) is 8.56. The minimum Gasteiger partial charge on any atom is -0.317 e. The van der Waals surface area contributed by atoms with Crippen LogP contribution in [0.2, 0.25) is 0 Å². The molecule has 1 aromatic rings. The maximum absolute atomic E-state index is 12.7. The number of hydrogen-bond acceptors (Lipinski definition) is 3. The molecule has 0 spiro atoms. The first kappa shape index (κ1) is 16.5. The van der Waals surface area contributed by atoms with Crippen LogP contribution in [-0.2, 0) is 15.4 Å². The van der Waals surface area contributed by atoms with Gasteiger partial charge in [-0.1, -0.05) is 32.9 Å². The number of nitrogens with one attached hydrogen (secondary N) is 2. The average molecular weight is 310 g/mol.